The molecule has 3 N–H and O–H groups in total. The summed E-state index contributed by atoms with van der Waals surface area (Å²) in [5.74, 6) is 0.438. The second-order valence-corrected chi connectivity index (χ2v) is 5.65. The van der Waals surface area contributed by atoms with Gasteiger partial charge in [-0.15, -0.1) is 0 Å². The Balaban J connectivity index is 1.81. The van der Waals surface area contributed by atoms with Crippen LogP contribution in [0.15, 0.2) is 28.8 Å². The topological polar surface area (TPSA) is 110 Å². The SMILES string of the molecule is Cc1noc(C(=O)Nc2ccc(OCC(O)CNC(C)C)cc2)n1. The first-order valence-electron chi connectivity index (χ1n) is 7.70. The van der Waals surface area contributed by atoms with Gasteiger partial charge in [0.25, 0.3) is 0 Å². The summed E-state index contributed by atoms with van der Waals surface area (Å²) in [6, 6.07) is 7.10. The number of carbonyl (C=O) groups excluding carboxylic acids is 1. The van der Waals surface area contributed by atoms with Crippen molar-refractivity contribution < 1.29 is 19.2 Å². The van der Waals surface area contributed by atoms with E-state index < -0.39 is 12.0 Å². The van der Waals surface area contributed by atoms with Gasteiger partial charge in [0.1, 0.15) is 18.5 Å². The highest BCUT2D eigenvalue weighted by atomic mass is 16.5. The number of amides is 1. The molecule has 1 heterocycles. The van der Waals surface area contributed by atoms with Crippen LogP contribution in [0.5, 0.6) is 5.75 Å². The van der Waals surface area contributed by atoms with Gasteiger partial charge in [-0.25, -0.2) is 0 Å². The zero-order chi connectivity index (χ0) is 17.5. The lowest BCUT2D eigenvalue weighted by Gasteiger charge is -2.15. The quantitative estimate of drug-likeness (QED) is 0.669. The van der Waals surface area contributed by atoms with Crippen molar-refractivity contribution in [2.24, 2.45) is 0 Å². The Kier molecular flexibility index (Phi) is 6.28. The number of aliphatic hydroxyl groups excluding tert-OH is 1. The highest BCUT2D eigenvalue weighted by Crippen LogP contribution is 2.16. The fourth-order valence-electron chi connectivity index (χ4n) is 1.83. The number of aryl methyl sites for hydroxylation is 1. The highest BCUT2D eigenvalue weighted by molar-refractivity contribution is 6.00. The maximum atomic E-state index is 11.9. The summed E-state index contributed by atoms with van der Waals surface area (Å²) in [6.07, 6.45) is -0.590. The summed E-state index contributed by atoms with van der Waals surface area (Å²) in [5, 5.41) is 19.1. The fourth-order valence-corrected chi connectivity index (χ4v) is 1.83. The summed E-state index contributed by atoms with van der Waals surface area (Å²) >= 11 is 0. The van der Waals surface area contributed by atoms with Crippen LogP contribution in [0.2, 0.25) is 0 Å². The van der Waals surface area contributed by atoms with Crippen molar-refractivity contribution in [1.29, 1.82) is 0 Å². The second kappa shape index (κ2) is 8.42. The van der Waals surface area contributed by atoms with E-state index in [4.69, 9.17) is 9.26 Å². The number of hydrogen-bond acceptors (Lipinski definition) is 7. The lowest BCUT2D eigenvalue weighted by Crippen LogP contribution is -2.35. The van der Waals surface area contributed by atoms with Gasteiger partial charge in [0.05, 0.1) is 0 Å². The number of hydrogen-bond donors (Lipinski definition) is 3. The normalized spacial score (nSPS) is 12.2. The minimum atomic E-state index is -0.590. The van der Waals surface area contributed by atoms with Gasteiger partial charge in [-0.3, -0.25) is 4.79 Å². The molecule has 1 aromatic heterocycles. The predicted octanol–water partition coefficient (Wildman–Crippen LogP) is 1.37. The molecular weight excluding hydrogens is 312 g/mol. The third-order valence-corrected chi connectivity index (χ3v) is 3.04. The number of anilines is 1. The fraction of sp³-hybridized carbons (Fsp3) is 0.438. The van der Waals surface area contributed by atoms with Crippen LogP contribution in [-0.4, -0.2) is 46.5 Å². The maximum absolute atomic E-state index is 11.9. The first-order chi connectivity index (χ1) is 11.4. The number of benzene rings is 1. The molecule has 0 saturated carbocycles. The van der Waals surface area contributed by atoms with Crippen molar-refractivity contribution in [3.05, 3.63) is 36.0 Å². The summed E-state index contributed by atoms with van der Waals surface area (Å²) < 4.78 is 10.3. The van der Waals surface area contributed by atoms with Crippen molar-refractivity contribution in [1.82, 2.24) is 15.5 Å². The third-order valence-electron chi connectivity index (χ3n) is 3.04. The van der Waals surface area contributed by atoms with Crippen LogP contribution in [0.25, 0.3) is 0 Å². The minimum Gasteiger partial charge on any atom is -0.491 e. The highest BCUT2D eigenvalue weighted by Gasteiger charge is 2.13. The molecule has 1 unspecified atom stereocenters. The van der Waals surface area contributed by atoms with E-state index in [2.05, 4.69) is 20.8 Å². The second-order valence-electron chi connectivity index (χ2n) is 5.65. The van der Waals surface area contributed by atoms with Gasteiger partial charge in [0.2, 0.25) is 0 Å². The van der Waals surface area contributed by atoms with Crippen LogP contribution >= 0.6 is 0 Å². The van der Waals surface area contributed by atoms with E-state index in [0.717, 1.165) is 0 Å². The lowest BCUT2D eigenvalue weighted by atomic mass is 10.3. The van der Waals surface area contributed by atoms with Crippen molar-refractivity contribution in [2.75, 3.05) is 18.5 Å². The zero-order valence-corrected chi connectivity index (χ0v) is 13.9. The molecule has 24 heavy (non-hydrogen) atoms. The molecule has 130 valence electrons. The number of rotatable bonds is 8. The first kappa shape index (κ1) is 17.9. The number of nitrogens with one attached hydrogen (secondary N) is 2. The molecule has 8 heteroatoms. The number of aliphatic hydroxyl groups is 1. The molecule has 1 aromatic carbocycles. The Bertz CT molecular complexity index is 654. The number of ether oxygens (including phenoxy) is 1. The van der Waals surface area contributed by atoms with Crippen LogP contribution in [0.3, 0.4) is 0 Å². The van der Waals surface area contributed by atoms with E-state index in [-0.39, 0.29) is 12.5 Å². The number of carbonyl (C=O) groups is 1. The molecule has 0 aliphatic heterocycles. The van der Waals surface area contributed by atoms with Gasteiger partial charge in [-0.2, -0.15) is 4.98 Å². The number of nitrogens with zero attached hydrogens (tertiary/aromatic N) is 2. The van der Waals surface area contributed by atoms with Gasteiger partial charge in [-0.05, 0) is 31.2 Å². The Hall–Kier alpha value is -2.45. The Morgan fingerprint density at radius 2 is 2.04 bits per heavy atom. The first-order valence-corrected chi connectivity index (χ1v) is 7.70. The minimum absolute atomic E-state index is 0.0893. The van der Waals surface area contributed by atoms with E-state index >= 15 is 0 Å². The summed E-state index contributed by atoms with van der Waals surface area (Å²) in [6.45, 7) is 6.31. The molecule has 0 fully saturated rings. The average molecular weight is 334 g/mol. The van der Waals surface area contributed by atoms with E-state index in [1.807, 2.05) is 13.8 Å². The molecule has 2 rings (SSSR count). The Labute approximate surface area is 140 Å². The van der Waals surface area contributed by atoms with E-state index in [1.54, 1.807) is 31.2 Å². The van der Waals surface area contributed by atoms with Crippen molar-refractivity contribution in [3.8, 4) is 5.75 Å². The van der Waals surface area contributed by atoms with Gasteiger partial charge in [0.15, 0.2) is 5.82 Å². The molecule has 0 bridgehead atoms. The smallest absolute Gasteiger partial charge is 0.316 e. The number of aromatic nitrogens is 2. The molecule has 1 amide bonds. The Morgan fingerprint density at radius 3 is 2.62 bits per heavy atom. The molecule has 0 spiro atoms. The molecular formula is C16H22N4O4. The van der Waals surface area contributed by atoms with Crippen molar-refractivity contribution in [2.45, 2.75) is 32.9 Å². The van der Waals surface area contributed by atoms with E-state index in [0.29, 0.717) is 29.8 Å². The van der Waals surface area contributed by atoms with E-state index in [1.165, 1.54) is 0 Å². The largest absolute Gasteiger partial charge is 0.491 e. The van der Waals surface area contributed by atoms with Crippen LogP contribution in [0, 0.1) is 6.92 Å². The molecule has 8 nitrogen and oxygen atoms in total. The molecule has 0 saturated heterocycles. The predicted molar refractivity (Wildman–Crippen MR) is 88.1 cm³/mol. The molecule has 2 aromatic rings. The Morgan fingerprint density at radius 1 is 1.33 bits per heavy atom. The summed E-state index contributed by atoms with van der Waals surface area (Å²) in [5.41, 5.74) is 0.574. The molecule has 0 radical (unpaired) electrons. The monoisotopic (exact) mass is 334 g/mol. The zero-order valence-electron chi connectivity index (χ0n) is 13.9. The van der Waals surface area contributed by atoms with Gasteiger partial charge in [0, 0.05) is 18.3 Å². The van der Waals surface area contributed by atoms with E-state index in [9.17, 15) is 9.90 Å². The summed E-state index contributed by atoms with van der Waals surface area (Å²) in [4.78, 5) is 15.7. The summed E-state index contributed by atoms with van der Waals surface area (Å²) in [7, 11) is 0. The van der Waals surface area contributed by atoms with Crippen LogP contribution < -0.4 is 15.4 Å². The standard InChI is InChI=1S/C16H22N4O4/c1-10(2)17-8-13(21)9-23-14-6-4-12(5-7-14)19-15(22)16-18-11(3)20-24-16/h4-7,10,13,17,21H,8-9H2,1-3H3,(H,19,22). The molecule has 1 atom stereocenters. The third kappa shape index (κ3) is 5.64. The average Bonchev–Trinajstić information content (AvgIpc) is 2.99. The van der Waals surface area contributed by atoms with Crippen molar-refractivity contribution >= 4 is 11.6 Å². The van der Waals surface area contributed by atoms with Crippen LogP contribution in [0.4, 0.5) is 5.69 Å². The van der Waals surface area contributed by atoms with Gasteiger partial charge in [-0.1, -0.05) is 19.0 Å². The van der Waals surface area contributed by atoms with Gasteiger partial charge < -0.3 is 25.0 Å². The molecule has 0 aliphatic rings. The van der Waals surface area contributed by atoms with Crippen LogP contribution in [-0.2, 0) is 0 Å². The van der Waals surface area contributed by atoms with Crippen LogP contribution in [0.1, 0.15) is 30.4 Å². The molecule has 0 aliphatic carbocycles. The van der Waals surface area contributed by atoms with Gasteiger partial charge >= 0.3 is 11.8 Å². The van der Waals surface area contributed by atoms with Crippen molar-refractivity contribution in [3.63, 3.8) is 0 Å². The lowest BCUT2D eigenvalue weighted by molar-refractivity contribution is 0.0981. The maximum Gasteiger partial charge on any atom is 0.316 e.